The number of hydrogen-bond acceptors (Lipinski definition) is 5. The van der Waals surface area contributed by atoms with Gasteiger partial charge in [0.2, 0.25) is 5.91 Å². The highest BCUT2D eigenvalue weighted by Crippen LogP contribution is 2.19. The number of aliphatic carboxylic acids is 1. The fraction of sp³-hybridized carbons (Fsp3) is 0.500. The Morgan fingerprint density at radius 1 is 1.34 bits per heavy atom. The lowest BCUT2D eigenvalue weighted by atomic mass is 10.2. The molecule has 3 rings (SSSR count). The smallest absolute Gasteiger partial charge is 0.475 e. The van der Waals surface area contributed by atoms with Crippen LogP contribution in [0.3, 0.4) is 0 Å². The predicted molar refractivity (Wildman–Crippen MR) is 95.5 cm³/mol. The van der Waals surface area contributed by atoms with Gasteiger partial charge < -0.3 is 19.0 Å². The molecule has 29 heavy (non-hydrogen) atoms. The molecule has 1 aliphatic heterocycles. The molecule has 0 saturated heterocycles. The summed E-state index contributed by atoms with van der Waals surface area (Å²) in [6.45, 7) is 5.79. The number of amides is 1. The van der Waals surface area contributed by atoms with E-state index in [0.29, 0.717) is 6.54 Å². The molecule has 0 bridgehead atoms. The maximum Gasteiger partial charge on any atom is 0.490 e. The predicted octanol–water partition coefficient (Wildman–Crippen LogP) is 2.49. The van der Waals surface area contributed by atoms with Crippen LogP contribution >= 0.6 is 0 Å². The molecule has 0 saturated carbocycles. The van der Waals surface area contributed by atoms with E-state index in [4.69, 9.17) is 14.3 Å². The fourth-order valence-electron chi connectivity index (χ4n) is 2.81. The number of aryl methyl sites for hydroxylation is 1. The average molecular weight is 416 g/mol. The Hall–Kier alpha value is -2.82. The summed E-state index contributed by atoms with van der Waals surface area (Å²) in [5.41, 5.74) is 2.20. The van der Waals surface area contributed by atoms with E-state index in [0.717, 1.165) is 44.1 Å². The number of furan rings is 1. The summed E-state index contributed by atoms with van der Waals surface area (Å²) in [5, 5.41) is 7.12. The summed E-state index contributed by atoms with van der Waals surface area (Å²) in [5.74, 6) is -1.72. The molecule has 8 nitrogen and oxygen atoms in total. The minimum Gasteiger partial charge on any atom is -0.475 e. The molecule has 0 radical (unpaired) electrons. The van der Waals surface area contributed by atoms with Crippen LogP contribution in [0, 0.1) is 0 Å². The monoisotopic (exact) mass is 416 g/mol. The number of carbonyl (C=O) groups excluding carboxylic acids is 1. The van der Waals surface area contributed by atoms with Gasteiger partial charge in [-0.15, -0.1) is 0 Å². The van der Waals surface area contributed by atoms with Crippen molar-refractivity contribution in [3.05, 3.63) is 41.9 Å². The van der Waals surface area contributed by atoms with Gasteiger partial charge in [-0.2, -0.15) is 13.2 Å². The topological polar surface area (TPSA) is 91.8 Å². The molecular formula is C18H23F3N4O4. The Morgan fingerprint density at radius 3 is 2.59 bits per heavy atom. The number of alkyl halides is 3. The van der Waals surface area contributed by atoms with Gasteiger partial charge in [0.05, 0.1) is 37.1 Å². The van der Waals surface area contributed by atoms with Crippen LogP contribution in [0.25, 0.3) is 0 Å². The van der Waals surface area contributed by atoms with Gasteiger partial charge >= 0.3 is 12.1 Å². The highest BCUT2D eigenvalue weighted by Gasteiger charge is 2.38. The van der Waals surface area contributed by atoms with E-state index >= 15 is 0 Å². The van der Waals surface area contributed by atoms with Gasteiger partial charge in [0.15, 0.2) is 0 Å². The normalized spacial score (nSPS) is 14.4. The molecule has 0 aromatic carbocycles. The number of carboxylic acid groups (broad SMARTS) is 1. The van der Waals surface area contributed by atoms with E-state index in [-0.39, 0.29) is 5.91 Å². The minimum atomic E-state index is -5.08. The van der Waals surface area contributed by atoms with Crippen molar-refractivity contribution in [1.82, 2.24) is 19.4 Å². The van der Waals surface area contributed by atoms with E-state index in [1.54, 1.807) is 18.1 Å². The van der Waals surface area contributed by atoms with Crippen molar-refractivity contribution in [2.24, 2.45) is 0 Å². The molecule has 0 spiro atoms. The number of aromatic nitrogens is 2. The highest BCUT2D eigenvalue weighted by atomic mass is 19.4. The number of imidazole rings is 1. The SMILES string of the molecule is CC(=O)N(C)Cc1ncn2c1CN(Cc1ccco1)CCC2.O=C(O)C(F)(F)F. The first-order valence-corrected chi connectivity index (χ1v) is 8.87. The molecule has 2 aromatic heterocycles. The van der Waals surface area contributed by atoms with Crippen LogP contribution in [-0.4, -0.2) is 56.1 Å². The lowest BCUT2D eigenvalue weighted by Gasteiger charge is -2.20. The van der Waals surface area contributed by atoms with E-state index in [2.05, 4.69) is 14.5 Å². The number of hydrogen-bond donors (Lipinski definition) is 1. The molecule has 0 aliphatic carbocycles. The number of halogens is 3. The maximum atomic E-state index is 11.5. The number of carbonyl (C=O) groups is 2. The molecule has 3 heterocycles. The lowest BCUT2D eigenvalue weighted by Crippen LogP contribution is -2.26. The second-order valence-electron chi connectivity index (χ2n) is 6.65. The molecule has 11 heteroatoms. The Bertz CT molecular complexity index is 818. The summed E-state index contributed by atoms with van der Waals surface area (Å²) >= 11 is 0. The van der Waals surface area contributed by atoms with Crippen molar-refractivity contribution in [3.63, 3.8) is 0 Å². The first kappa shape index (κ1) is 22.5. The Morgan fingerprint density at radius 2 is 2.03 bits per heavy atom. The summed E-state index contributed by atoms with van der Waals surface area (Å²) in [4.78, 5) is 28.9. The summed E-state index contributed by atoms with van der Waals surface area (Å²) < 4.78 is 39.4. The molecule has 1 aliphatic rings. The quantitative estimate of drug-likeness (QED) is 0.824. The van der Waals surface area contributed by atoms with Crippen LogP contribution in [0.15, 0.2) is 29.1 Å². The van der Waals surface area contributed by atoms with Crippen molar-refractivity contribution in [2.75, 3.05) is 13.6 Å². The van der Waals surface area contributed by atoms with Crippen molar-refractivity contribution >= 4 is 11.9 Å². The fourth-order valence-corrected chi connectivity index (χ4v) is 2.81. The molecule has 2 aromatic rings. The van der Waals surface area contributed by atoms with Crippen LogP contribution in [0.2, 0.25) is 0 Å². The lowest BCUT2D eigenvalue weighted by molar-refractivity contribution is -0.192. The van der Waals surface area contributed by atoms with Gasteiger partial charge in [-0.1, -0.05) is 0 Å². The summed E-state index contributed by atoms with van der Waals surface area (Å²) in [7, 11) is 1.81. The van der Waals surface area contributed by atoms with Gasteiger partial charge in [-0.05, 0) is 18.6 Å². The zero-order valence-corrected chi connectivity index (χ0v) is 16.1. The Kier molecular flexibility index (Phi) is 7.43. The standard InChI is InChI=1S/C16H22N4O2.C2HF3O2/c1-13(21)18(2)10-15-16-11-19(9-14-5-3-8-22-14)6-4-7-20(16)12-17-15;3-2(4,5)1(6)7/h3,5,8,12H,4,6-7,9-11H2,1-2H3;(H,6,7). The van der Waals surface area contributed by atoms with E-state index in [1.807, 2.05) is 25.5 Å². The molecular weight excluding hydrogens is 393 g/mol. The van der Waals surface area contributed by atoms with Crippen molar-refractivity contribution in [2.45, 2.75) is 45.7 Å². The molecule has 160 valence electrons. The largest absolute Gasteiger partial charge is 0.490 e. The minimum absolute atomic E-state index is 0.0582. The van der Waals surface area contributed by atoms with E-state index in [9.17, 15) is 18.0 Å². The third kappa shape index (κ3) is 6.63. The van der Waals surface area contributed by atoms with Crippen molar-refractivity contribution in [1.29, 1.82) is 0 Å². The first-order valence-electron chi connectivity index (χ1n) is 8.87. The molecule has 1 amide bonds. The van der Waals surface area contributed by atoms with Crippen LogP contribution in [0.4, 0.5) is 13.2 Å². The van der Waals surface area contributed by atoms with Crippen molar-refractivity contribution in [3.8, 4) is 0 Å². The second kappa shape index (κ2) is 9.59. The summed E-state index contributed by atoms with van der Waals surface area (Å²) in [6, 6.07) is 3.93. The van der Waals surface area contributed by atoms with Gasteiger partial charge in [0.1, 0.15) is 5.76 Å². The van der Waals surface area contributed by atoms with Gasteiger partial charge in [0.25, 0.3) is 0 Å². The second-order valence-corrected chi connectivity index (χ2v) is 6.65. The van der Waals surface area contributed by atoms with Gasteiger partial charge in [-0.3, -0.25) is 9.69 Å². The zero-order chi connectivity index (χ0) is 21.6. The molecule has 0 unspecified atom stereocenters. The number of carboxylic acids is 1. The third-order valence-corrected chi connectivity index (χ3v) is 4.41. The number of nitrogens with zero attached hydrogens (tertiary/aromatic N) is 4. The Labute approximate surface area is 165 Å². The van der Waals surface area contributed by atoms with Crippen LogP contribution in [-0.2, 0) is 35.8 Å². The average Bonchev–Trinajstić information content (AvgIpc) is 3.21. The van der Waals surface area contributed by atoms with Gasteiger partial charge in [0, 0.05) is 33.6 Å². The van der Waals surface area contributed by atoms with E-state index < -0.39 is 12.1 Å². The van der Waals surface area contributed by atoms with Crippen LogP contribution in [0.5, 0.6) is 0 Å². The third-order valence-electron chi connectivity index (χ3n) is 4.41. The molecule has 0 fully saturated rings. The zero-order valence-electron chi connectivity index (χ0n) is 16.1. The maximum absolute atomic E-state index is 11.5. The summed E-state index contributed by atoms with van der Waals surface area (Å²) in [6.07, 6.45) is -0.383. The highest BCUT2D eigenvalue weighted by molar-refractivity contribution is 5.73. The van der Waals surface area contributed by atoms with E-state index in [1.165, 1.54) is 5.69 Å². The van der Waals surface area contributed by atoms with Crippen LogP contribution < -0.4 is 0 Å². The molecule has 0 atom stereocenters. The molecule has 1 N–H and O–H groups in total. The van der Waals surface area contributed by atoms with Gasteiger partial charge in [-0.25, -0.2) is 9.78 Å². The Balaban J connectivity index is 0.000000370. The number of rotatable bonds is 4. The first-order chi connectivity index (χ1) is 13.6. The van der Waals surface area contributed by atoms with Crippen molar-refractivity contribution < 1.29 is 32.3 Å². The number of fused-ring (bicyclic) bond motifs is 1. The van der Waals surface area contributed by atoms with Crippen LogP contribution in [0.1, 0.15) is 30.5 Å².